The molecule has 0 bridgehead atoms. The molecule has 0 radical (unpaired) electrons. The molecule has 0 aromatic carbocycles. The quantitative estimate of drug-likeness (QED) is 0.781. The molecule has 1 fully saturated rings. The number of amides is 1. The molecule has 1 atom stereocenters. The van der Waals surface area contributed by atoms with Gasteiger partial charge in [-0.05, 0) is 32.4 Å². The smallest absolute Gasteiger partial charge is 0.310 e. The van der Waals surface area contributed by atoms with Crippen LogP contribution in [0, 0.1) is 5.92 Å². The van der Waals surface area contributed by atoms with E-state index in [0.717, 1.165) is 0 Å². The van der Waals surface area contributed by atoms with Crippen molar-refractivity contribution >= 4 is 11.9 Å². The average molecular weight is 264 g/mol. The van der Waals surface area contributed by atoms with Crippen LogP contribution in [-0.4, -0.2) is 41.5 Å². The number of likely N-dealkylation sites (tertiary alicyclic amines) is 1. The van der Waals surface area contributed by atoms with Gasteiger partial charge in [-0.3, -0.25) is 9.59 Å². The van der Waals surface area contributed by atoms with Gasteiger partial charge in [-0.1, -0.05) is 0 Å². The summed E-state index contributed by atoms with van der Waals surface area (Å²) < 4.78 is 6.68. The second-order valence-corrected chi connectivity index (χ2v) is 5.15. The van der Waals surface area contributed by atoms with Gasteiger partial charge in [0.15, 0.2) is 0 Å². The van der Waals surface area contributed by atoms with E-state index in [0.29, 0.717) is 25.2 Å². The van der Waals surface area contributed by atoms with Crippen molar-refractivity contribution in [1.29, 1.82) is 0 Å². The number of carbonyl (C=O) groups is 2. The lowest BCUT2D eigenvalue weighted by atomic mass is 10.1. The zero-order valence-corrected chi connectivity index (χ0v) is 11.6. The highest BCUT2D eigenvalue weighted by atomic mass is 16.5. The third-order valence-electron chi connectivity index (χ3n) is 3.56. The molecule has 1 aromatic heterocycles. The van der Waals surface area contributed by atoms with Crippen molar-refractivity contribution in [2.45, 2.75) is 26.3 Å². The molecule has 0 spiro atoms. The van der Waals surface area contributed by atoms with Gasteiger partial charge < -0.3 is 14.2 Å². The third kappa shape index (κ3) is 2.64. The van der Waals surface area contributed by atoms with Crippen molar-refractivity contribution in [2.75, 3.05) is 20.2 Å². The predicted octanol–water partition coefficient (Wildman–Crippen LogP) is 1.70. The Hall–Kier alpha value is -1.78. The lowest BCUT2D eigenvalue weighted by Crippen LogP contribution is -2.31. The Labute approximate surface area is 113 Å². The third-order valence-corrected chi connectivity index (χ3v) is 3.56. The van der Waals surface area contributed by atoms with E-state index in [2.05, 4.69) is 0 Å². The van der Waals surface area contributed by atoms with Crippen LogP contribution in [0.15, 0.2) is 18.3 Å². The molecule has 0 saturated carbocycles. The molecule has 19 heavy (non-hydrogen) atoms. The minimum atomic E-state index is -0.227. The maximum absolute atomic E-state index is 12.4. The fraction of sp³-hybridized carbons (Fsp3) is 0.571. The van der Waals surface area contributed by atoms with Gasteiger partial charge in [-0.25, -0.2) is 0 Å². The van der Waals surface area contributed by atoms with E-state index < -0.39 is 0 Å². The van der Waals surface area contributed by atoms with E-state index in [1.165, 1.54) is 7.11 Å². The summed E-state index contributed by atoms with van der Waals surface area (Å²) in [6.45, 7) is 5.15. The highest BCUT2D eigenvalue weighted by Gasteiger charge is 2.33. The van der Waals surface area contributed by atoms with E-state index in [9.17, 15) is 9.59 Å². The molecule has 1 aliphatic rings. The van der Waals surface area contributed by atoms with E-state index in [4.69, 9.17) is 4.74 Å². The number of hydrogen-bond donors (Lipinski definition) is 0. The Morgan fingerprint density at radius 1 is 1.42 bits per heavy atom. The Morgan fingerprint density at radius 3 is 2.79 bits per heavy atom. The standard InChI is InChI=1S/C14H20N2O3/c1-10(2)16-7-4-5-12(16)13(17)15-8-6-11(9-15)14(18)19-3/h4-5,7,10-11H,6,8-9H2,1-3H3. The van der Waals surface area contributed by atoms with Gasteiger partial charge in [0.05, 0.1) is 13.0 Å². The summed E-state index contributed by atoms with van der Waals surface area (Å²) in [5, 5.41) is 0. The first-order valence-corrected chi connectivity index (χ1v) is 6.58. The van der Waals surface area contributed by atoms with Crippen LogP contribution in [-0.2, 0) is 9.53 Å². The van der Waals surface area contributed by atoms with Crippen molar-refractivity contribution in [1.82, 2.24) is 9.47 Å². The lowest BCUT2D eigenvalue weighted by molar-refractivity contribution is -0.144. The number of nitrogens with zero attached hydrogens (tertiary/aromatic N) is 2. The van der Waals surface area contributed by atoms with Crippen molar-refractivity contribution < 1.29 is 14.3 Å². The van der Waals surface area contributed by atoms with Gasteiger partial charge in [-0.2, -0.15) is 0 Å². The number of hydrogen-bond acceptors (Lipinski definition) is 3. The van der Waals surface area contributed by atoms with Gasteiger partial charge >= 0.3 is 5.97 Å². The summed E-state index contributed by atoms with van der Waals surface area (Å²) in [5.41, 5.74) is 0.681. The monoisotopic (exact) mass is 264 g/mol. The first-order valence-electron chi connectivity index (χ1n) is 6.58. The van der Waals surface area contributed by atoms with E-state index in [1.54, 1.807) is 4.90 Å². The van der Waals surface area contributed by atoms with Gasteiger partial charge in [0.1, 0.15) is 5.69 Å². The summed E-state index contributed by atoms with van der Waals surface area (Å²) in [6.07, 6.45) is 2.59. The molecule has 1 unspecified atom stereocenters. The zero-order chi connectivity index (χ0) is 14.0. The minimum absolute atomic E-state index is 0.00916. The zero-order valence-electron chi connectivity index (χ0n) is 11.6. The number of ether oxygens (including phenoxy) is 1. The van der Waals surface area contributed by atoms with Crippen LogP contribution in [0.25, 0.3) is 0 Å². The van der Waals surface area contributed by atoms with E-state index in [-0.39, 0.29) is 23.8 Å². The normalized spacial score (nSPS) is 18.9. The molecule has 1 saturated heterocycles. The Morgan fingerprint density at radius 2 is 2.16 bits per heavy atom. The van der Waals surface area contributed by atoms with Crippen LogP contribution in [0.2, 0.25) is 0 Å². The summed E-state index contributed by atoms with van der Waals surface area (Å²) in [4.78, 5) is 25.7. The molecule has 104 valence electrons. The highest BCUT2D eigenvalue weighted by Crippen LogP contribution is 2.21. The number of aromatic nitrogens is 1. The Bertz CT molecular complexity index is 479. The average Bonchev–Trinajstić information content (AvgIpc) is 3.05. The summed E-state index contributed by atoms with van der Waals surface area (Å²) in [7, 11) is 1.39. The molecule has 1 aliphatic heterocycles. The number of rotatable bonds is 3. The molecule has 1 amide bonds. The molecule has 1 aromatic rings. The minimum Gasteiger partial charge on any atom is -0.469 e. The molecule has 0 aliphatic carbocycles. The maximum atomic E-state index is 12.4. The van der Waals surface area contributed by atoms with Crippen molar-refractivity contribution in [3.63, 3.8) is 0 Å². The highest BCUT2D eigenvalue weighted by molar-refractivity contribution is 5.93. The summed E-state index contributed by atoms with van der Waals surface area (Å²) >= 11 is 0. The molecular weight excluding hydrogens is 244 g/mol. The fourth-order valence-electron chi connectivity index (χ4n) is 2.49. The molecule has 5 heteroatoms. The van der Waals surface area contributed by atoms with Crippen LogP contribution >= 0.6 is 0 Å². The second-order valence-electron chi connectivity index (χ2n) is 5.15. The summed E-state index contributed by atoms with van der Waals surface area (Å²) in [6, 6.07) is 3.95. The van der Waals surface area contributed by atoms with Crippen molar-refractivity contribution in [3.8, 4) is 0 Å². The van der Waals surface area contributed by atoms with Crippen LogP contribution in [0.4, 0.5) is 0 Å². The summed E-state index contributed by atoms with van der Waals surface area (Å²) in [5.74, 6) is -0.420. The van der Waals surface area contributed by atoms with Gasteiger partial charge in [0.25, 0.3) is 5.91 Å². The van der Waals surface area contributed by atoms with Crippen molar-refractivity contribution in [2.24, 2.45) is 5.92 Å². The van der Waals surface area contributed by atoms with Gasteiger partial charge in [0.2, 0.25) is 0 Å². The van der Waals surface area contributed by atoms with Crippen molar-refractivity contribution in [3.05, 3.63) is 24.0 Å². The topological polar surface area (TPSA) is 51.5 Å². The largest absolute Gasteiger partial charge is 0.469 e. The molecule has 2 heterocycles. The van der Waals surface area contributed by atoms with Crippen LogP contribution in [0.3, 0.4) is 0 Å². The first kappa shape index (κ1) is 13.6. The van der Waals surface area contributed by atoms with Crippen LogP contribution in [0.5, 0.6) is 0 Å². The van der Waals surface area contributed by atoms with E-state index >= 15 is 0 Å². The fourth-order valence-corrected chi connectivity index (χ4v) is 2.49. The lowest BCUT2D eigenvalue weighted by Gasteiger charge is -2.19. The number of carbonyl (C=O) groups excluding carboxylic acids is 2. The van der Waals surface area contributed by atoms with Gasteiger partial charge in [-0.15, -0.1) is 0 Å². The number of methoxy groups -OCH3 is 1. The molecule has 0 N–H and O–H groups in total. The maximum Gasteiger partial charge on any atom is 0.310 e. The molecular formula is C14H20N2O3. The molecule has 5 nitrogen and oxygen atoms in total. The van der Waals surface area contributed by atoms with Crippen LogP contribution < -0.4 is 0 Å². The van der Waals surface area contributed by atoms with Gasteiger partial charge in [0, 0.05) is 25.3 Å². The van der Waals surface area contributed by atoms with E-state index in [1.807, 2.05) is 36.7 Å². The SMILES string of the molecule is COC(=O)C1CCN(C(=O)c2cccn2C(C)C)C1. The number of esters is 1. The van der Waals surface area contributed by atoms with Crippen LogP contribution in [0.1, 0.15) is 36.8 Å². The first-order chi connectivity index (χ1) is 9.04. The Balaban J connectivity index is 2.09. The second kappa shape index (κ2) is 5.47. The molecule has 2 rings (SSSR count). The Kier molecular flexibility index (Phi) is 3.93. The predicted molar refractivity (Wildman–Crippen MR) is 70.8 cm³/mol.